The Morgan fingerprint density at radius 3 is 2.67 bits per heavy atom. The molecule has 18 heavy (non-hydrogen) atoms. The van der Waals surface area contributed by atoms with Gasteiger partial charge in [0.25, 0.3) is 0 Å². The maximum atomic E-state index is 5.87. The van der Waals surface area contributed by atoms with Gasteiger partial charge in [0.05, 0.1) is 0 Å². The molecule has 2 unspecified atom stereocenters. The molecule has 0 saturated carbocycles. The van der Waals surface area contributed by atoms with E-state index >= 15 is 0 Å². The minimum atomic E-state index is 0. The smallest absolute Gasteiger partial charge is 0.0218 e. The first-order valence-corrected chi connectivity index (χ1v) is 6.80. The van der Waals surface area contributed by atoms with E-state index in [4.69, 9.17) is 5.73 Å². The van der Waals surface area contributed by atoms with Gasteiger partial charge in [-0.2, -0.15) is 0 Å². The summed E-state index contributed by atoms with van der Waals surface area (Å²) < 4.78 is 0. The summed E-state index contributed by atoms with van der Waals surface area (Å²) in [5.74, 6) is 0.600. The van der Waals surface area contributed by atoms with E-state index in [1.165, 1.54) is 31.4 Å². The SMILES string of the molecule is CC(CN1CCCCC1CN)c1ccccc1.Cl. The number of likely N-dealkylation sites (tertiary alicyclic amines) is 1. The summed E-state index contributed by atoms with van der Waals surface area (Å²) in [6.45, 7) is 5.49. The highest BCUT2D eigenvalue weighted by molar-refractivity contribution is 5.85. The van der Waals surface area contributed by atoms with Crippen molar-refractivity contribution in [3.8, 4) is 0 Å². The van der Waals surface area contributed by atoms with Gasteiger partial charge in [0.15, 0.2) is 0 Å². The maximum absolute atomic E-state index is 5.87. The maximum Gasteiger partial charge on any atom is 0.0218 e. The number of hydrogen-bond donors (Lipinski definition) is 1. The Labute approximate surface area is 117 Å². The Kier molecular flexibility index (Phi) is 6.69. The first-order valence-electron chi connectivity index (χ1n) is 6.80. The fourth-order valence-corrected chi connectivity index (χ4v) is 2.81. The quantitative estimate of drug-likeness (QED) is 0.910. The molecule has 2 nitrogen and oxygen atoms in total. The highest BCUT2D eigenvalue weighted by Crippen LogP contribution is 2.22. The average Bonchev–Trinajstić information content (AvgIpc) is 2.40. The zero-order chi connectivity index (χ0) is 12.1. The van der Waals surface area contributed by atoms with E-state index in [0.29, 0.717) is 12.0 Å². The number of hydrogen-bond acceptors (Lipinski definition) is 2. The number of nitrogens with two attached hydrogens (primary N) is 1. The van der Waals surface area contributed by atoms with E-state index in [0.717, 1.165) is 13.1 Å². The number of nitrogens with zero attached hydrogens (tertiary/aromatic N) is 1. The molecule has 0 amide bonds. The van der Waals surface area contributed by atoms with Crippen LogP contribution in [-0.2, 0) is 0 Å². The average molecular weight is 269 g/mol. The second-order valence-electron chi connectivity index (χ2n) is 5.19. The van der Waals surface area contributed by atoms with E-state index in [1.54, 1.807) is 0 Å². The standard InChI is InChI=1S/C15H24N2.ClH/c1-13(14-7-3-2-4-8-14)12-17-10-6-5-9-15(17)11-16;/h2-4,7-8,13,15H,5-6,9-12,16H2,1H3;1H. The van der Waals surface area contributed by atoms with Crippen LogP contribution in [0.25, 0.3) is 0 Å². The third-order valence-electron chi connectivity index (χ3n) is 3.90. The molecule has 1 aromatic rings. The van der Waals surface area contributed by atoms with Crippen LogP contribution in [0.1, 0.15) is 37.7 Å². The van der Waals surface area contributed by atoms with Crippen molar-refractivity contribution in [3.05, 3.63) is 35.9 Å². The molecule has 2 rings (SSSR count). The monoisotopic (exact) mass is 268 g/mol. The molecule has 1 saturated heterocycles. The summed E-state index contributed by atoms with van der Waals surface area (Å²) >= 11 is 0. The van der Waals surface area contributed by atoms with Gasteiger partial charge in [-0.05, 0) is 30.9 Å². The lowest BCUT2D eigenvalue weighted by atomic mass is 9.96. The Balaban J connectivity index is 0.00000162. The molecule has 1 aliphatic heterocycles. The fraction of sp³-hybridized carbons (Fsp3) is 0.600. The van der Waals surface area contributed by atoms with Gasteiger partial charge in [-0.25, -0.2) is 0 Å². The van der Waals surface area contributed by atoms with Gasteiger partial charge in [0.2, 0.25) is 0 Å². The van der Waals surface area contributed by atoms with Crippen LogP contribution < -0.4 is 5.73 Å². The first kappa shape index (κ1) is 15.5. The third kappa shape index (κ3) is 3.98. The van der Waals surface area contributed by atoms with Gasteiger partial charge < -0.3 is 5.73 Å². The summed E-state index contributed by atoms with van der Waals surface area (Å²) in [6, 6.07) is 11.4. The van der Waals surface area contributed by atoms with Crippen molar-refractivity contribution in [1.82, 2.24) is 4.90 Å². The normalized spacial score (nSPS) is 22.2. The van der Waals surface area contributed by atoms with Crippen molar-refractivity contribution in [2.75, 3.05) is 19.6 Å². The summed E-state index contributed by atoms with van der Waals surface area (Å²) in [6.07, 6.45) is 3.95. The molecule has 1 fully saturated rings. The lowest BCUT2D eigenvalue weighted by molar-refractivity contribution is 0.146. The topological polar surface area (TPSA) is 29.3 Å². The van der Waals surface area contributed by atoms with Gasteiger partial charge in [-0.15, -0.1) is 12.4 Å². The van der Waals surface area contributed by atoms with E-state index in [9.17, 15) is 0 Å². The molecule has 2 atom stereocenters. The second-order valence-corrected chi connectivity index (χ2v) is 5.19. The predicted octanol–water partition coefficient (Wildman–Crippen LogP) is 3.03. The Bertz CT molecular complexity index is 329. The molecule has 0 spiro atoms. The molecule has 1 heterocycles. The summed E-state index contributed by atoms with van der Waals surface area (Å²) in [4.78, 5) is 2.58. The third-order valence-corrected chi connectivity index (χ3v) is 3.90. The number of rotatable bonds is 4. The van der Waals surface area contributed by atoms with Crippen LogP contribution in [0.3, 0.4) is 0 Å². The molecule has 102 valence electrons. The van der Waals surface area contributed by atoms with Gasteiger partial charge in [-0.1, -0.05) is 43.7 Å². The Morgan fingerprint density at radius 1 is 1.28 bits per heavy atom. The molecule has 0 aliphatic carbocycles. The van der Waals surface area contributed by atoms with Crippen LogP contribution in [-0.4, -0.2) is 30.6 Å². The van der Waals surface area contributed by atoms with Crippen LogP contribution in [0.15, 0.2) is 30.3 Å². The van der Waals surface area contributed by atoms with Crippen molar-refractivity contribution >= 4 is 12.4 Å². The Morgan fingerprint density at radius 2 is 2.00 bits per heavy atom. The predicted molar refractivity (Wildman–Crippen MR) is 80.4 cm³/mol. The van der Waals surface area contributed by atoms with E-state index in [1.807, 2.05) is 0 Å². The molecule has 2 N–H and O–H groups in total. The van der Waals surface area contributed by atoms with Crippen LogP contribution in [0.4, 0.5) is 0 Å². The summed E-state index contributed by atoms with van der Waals surface area (Å²) in [5, 5.41) is 0. The second kappa shape index (κ2) is 7.78. The van der Waals surface area contributed by atoms with Crippen LogP contribution in [0.2, 0.25) is 0 Å². The molecule has 1 aliphatic rings. The van der Waals surface area contributed by atoms with Gasteiger partial charge >= 0.3 is 0 Å². The largest absolute Gasteiger partial charge is 0.329 e. The number of benzene rings is 1. The highest BCUT2D eigenvalue weighted by Gasteiger charge is 2.22. The van der Waals surface area contributed by atoms with E-state index < -0.39 is 0 Å². The number of piperidine rings is 1. The van der Waals surface area contributed by atoms with E-state index in [2.05, 4.69) is 42.2 Å². The van der Waals surface area contributed by atoms with E-state index in [-0.39, 0.29) is 12.4 Å². The van der Waals surface area contributed by atoms with Gasteiger partial charge in [0.1, 0.15) is 0 Å². The Hall–Kier alpha value is -0.570. The van der Waals surface area contributed by atoms with Crippen molar-refractivity contribution in [1.29, 1.82) is 0 Å². The molecule has 0 bridgehead atoms. The number of halogens is 1. The van der Waals surface area contributed by atoms with Crippen LogP contribution >= 0.6 is 12.4 Å². The summed E-state index contributed by atoms with van der Waals surface area (Å²) in [5.41, 5.74) is 7.31. The van der Waals surface area contributed by atoms with Crippen molar-refractivity contribution in [2.24, 2.45) is 5.73 Å². The van der Waals surface area contributed by atoms with Crippen LogP contribution in [0, 0.1) is 0 Å². The molecular formula is C15H25ClN2. The lowest BCUT2D eigenvalue weighted by Gasteiger charge is -2.36. The van der Waals surface area contributed by atoms with Gasteiger partial charge in [0, 0.05) is 19.1 Å². The minimum Gasteiger partial charge on any atom is -0.329 e. The summed E-state index contributed by atoms with van der Waals surface area (Å²) in [7, 11) is 0. The highest BCUT2D eigenvalue weighted by atomic mass is 35.5. The molecule has 0 aromatic heterocycles. The molecule has 3 heteroatoms. The van der Waals surface area contributed by atoms with Crippen molar-refractivity contribution in [2.45, 2.75) is 38.1 Å². The first-order chi connectivity index (χ1) is 8.31. The molecule has 0 radical (unpaired) electrons. The molecular weight excluding hydrogens is 244 g/mol. The van der Waals surface area contributed by atoms with Crippen molar-refractivity contribution < 1.29 is 0 Å². The van der Waals surface area contributed by atoms with Crippen LogP contribution in [0.5, 0.6) is 0 Å². The lowest BCUT2D eigenvalue weighted by Crippen LogP contribution is -2.45. The zero-order valence-corrected chi connectivity index (χ0v) is 12.0. The van der Waals surface area contributed by atoms with Crippen molar-refractivity contribution in [3.63, 3.8) is 0 Å². The fourth-order valence-electron chi connectivity index (χ4n) is 2.81. The minimum absolute atomic E-state index is 0. The van der Waals surface area contributed by atoms with Gasteiger partial charge in [-0.3, -0.25) is 4.90 Å². The molecule has 1 aromatic carbocycles. The zero-order valence-electron chi connectivity index (χ0n) is 11.2.